The minimum atomic E-state index is -0.953. The normalized spacial score (nSPS) is 11.1. The molecule has 0 aliphatic heterocycles. The zero-order valence-corrected chi connectivity index (χ0v) is 20.0. The van der Waals surface area contributed by atoms with E-state index in [1.54, 1.807) is 40.9 Å². The van der Waals surface area contributed by atoms with Crippen molar-refractivity contribution in [2.75, 3.05) is 11.9 Å². The van der Waals surface area contributed by atoms with E-state index in [0.29, 0.717) is 23.0 Å². The molecule has 4 aromatic rings. The second-order valence-electron chi connectivity index (χ2n) is 8.36. The van der Waals surface area contributed by atoms with Crippen LogP contribution in [0.2, 0.25) is 5.02 Å². The number of aromatic carboxylic acids is 1. The summed E-state index contributed by atoms with van der Waals surface area (Å²) in [7, 11) is 1.93. The maximum Gasteiger partial charge on any atom is 0.335 e. The Bertz CT molecular complexity index is 1360. The predicted octanol–water partition coefficient (Wildman–Crippen LogP) is 5.34. The number of aryl methyl sites for hydroxylation is 1. The molecule has 8 heteroatoms. The van der Waals surface area contributed by atoms with Gasteiger partial charge < -0.3 is 10.0 Å². The van der Waals surface area contributed by atoms with E-state index in [1.165, 1.54) is 0 Å². The molecule has 0 aliphatic carbocycles. The summed E-state index contributed by atoms with van der Waals surface area (Å²) in [4.78, 5) is 31.0. The number of hydrogen-bond acceptors (Lipinski definition) is 4. The third-order valence-electron chi connectivity index (χ3n) is 5.83. The number of benzene rings is 2. The number of imidazole rings is 1. The molecule has 0 radical (unpaired) electrons. The highest BCUT2D eigenvalue weighted by atomic mass is 35.5. The summed E-state index contributed by atoms with van der Waals surface area (Å²) in [6.07, 6.45) is 4.89. The van der Waals surface area contributed by atoms with Crippen LogP contribution in [0, 0.1) is 0 Å². The zero-order valence-electron chi connectivity index (χ0n) is 19.2. The average Bonchev–Trinajstić information content (AvgIpc) is 3.27. The molecule has 0 unspecified atom stereocenters. The molecule has 34 heavy (non-hydrogen) atoms. The highest BCUT2D eigenvalue weighted by Crippen LogP contribution is 2.24. The van der Waals surface area contributed by atoms with Crippen molar-refractivity contribution in [1.82, 2.24) is 14.0 Å². The molecule has 0 amide bonds. The van der Waals surface area contributed by atoms with Gasteiger partial charge in [-0.05, 0) is 36.2 Å². The number of carboxylic acid groups (broad SMARTS) is 1. The van der Waals surface area contributed by atoms with Crippen molar-refractivity contribution in [3.05, 3.63) is 87.3 Å². The van der Waals surface area contributed by atoms with E-state index in [1.807, 2.05) is 36.2 Å². The second kappa shape index (κ2) is 10.1. The summed E-state index contributed by atoms with van der Waals surface area (Å²) in [6, 6.07) is 15.8. The van der Waals surface area contributed by atoms with E-state index >= 15 is 0 Å². The van der Waals surface area contributed by atoms with Gasteiger partial charge in [0.2, 0.25) is 5.78 Å². The average molecular weight is 479 g/mol. The molecule has 0 bridgehead atoms. The Morgan fingerprint density at radius 2 is 1.79 bits per heavy atom. The number of fused-ring (bicyclic) bond motifs is 1. The fraction of sp³-hybridized carbons (Fsp3) is 0.269. The largest absolute Gasteiger partial charge is 0.478 e. The maximum absolute atomic E-state index is 13.1. The van der Waals surface area contributed by atoms with Gasteiger partial charge in [0, 0.05) is 43.0 Å². The highest BCUT2D eigenvalue weighted by Gasteiger charge is 2.16. The number of carbonyl (C=O) groups is 1. The van der Waals surface area contributed by atoms with E-state index in [-0.39, 0.29) is 11.1 Å². The summed E-state index contributed by atoms with van der Waals surface area (Å²) < 4.78 is 3.68. The van der Waals surface area contributed by atoms with Crippen LogP contribution < -0.4 is 10.5 Å². The van der Waals surface area contributed by atoms with Crippen molar-refractivity contribution in [3.8, 4) is 11.3 Å². The minimum absolute atomic E-state index is 0.155. The van der Waals surface area contributed by atoms with Gasteiger partial charge in [-0.25, -0.2) is 9.78 Å². The Hall–Kier alpha value is -3.58. The van der Waals surface area contributed by atoms with Crippen LogP contribution in [0.5, 0.6) is 0 Å². The molecule has 0 saturated heterocycles. The van der Waals surface area contributed by atoms with E-state index in [4.69, 9.17) is 21.7 Å². The zero-order chi connectivity index (χ0) is 24.2. The predicted molar refractivity (Wildman–Crippen MR) is 135 cm³/mol. The maximum atomic E-state index is 13.1. The highest BCUT2D eigenvalue weighted by molar-refractivity contribution is 6.30. The first-order valence-electron chi connectivity index (χ1n) is 11.3. The monoisotopic (exact) mass is 478 g/mol. The van der Waals surface area contributed by atoms with Crippen LogP contribution >= 0.6 is 11.6 Å². The fourth-order valence-corrected chi connectivity index (χ4v) is 4.13. The third kappa shape index (κ3) is 4.99. The lowest BCUT2D eigenvalue weighted by molar-refractivity contribution is 0.0697. The molecule has 4 rings (SSSR count). The Balaban J connectivity index is 1.74. The first-order chi connectivity index (χ1) is 16.4. The first-order valence-corrected chi connectivity index (χ1v) is 11.7. The Labute approximate surface area is 202 Å². The lowest BCUT2D eigenvalue weighted by atomic mass is 10.1. The smallest absolute Gasteiger partial charge is 0.335 e. The molecule has 0 saturated carbocycles. The van der Waals surface area contributed by atoms with Gasteiger partial charge in [-0.1, -0.05) is 55.6 Å². The second-order valence-corrected chi connectivity index (χ2v) is 8.80. The van der Waals surface area contributed by atoms with Gasteiger partial charge >= 0.3 is 5.97 Å². The van der Waals surface area contributed by atoms with Crippen LogP contribution in [-0.4, -0.2) is 32.1 Å². The lowest BCUT2D eigenvalue weighted by Gasteiger charge is -2.24. The SMILES string of the molecule is CCCCCn1c(N(C)Cc2ccc(C(=O)O)cc2)cc(=O)n2cc(-c3ccc(Cl)cc3)nc12. The van der Waals surface area contributed by atoms with Gasteiger partial charge in [0.1, 0.15) is 5.82 Å². The number of hydrogen-bond donors (Lipinski definition) is 1. The minimum Gasteiger partial charge on any atom is -0.478 e. The van der Waals surface area contributed by atoms with Crippen LogP contribution in [0.25, 0.3) is 17.0 Å². The molecular formula is C26H27ClN4O3. The number of halogens is 1. The quantitative estimate of drug-likeness (QED) is 0.328. The number of unbranched alkanes of at least 4 members (excludes halogenated alkanes) is 2. The van der Waals surface area contributed by atoms with Crippen molar-refractivity contribution < 1.29 is 9.90 Å². The molecule has 2 aromatic heterocycles. The number of rotatable bonds is 9. The Morgan fingerprint density at radius 1 is 1.09 bits per heavy atom. The topological polar surface area (TPSA) is 79.8 Å². The standard InChI is InChI=1S/C26H27ClN4O3/c1-3-4-5-14-30-23(29(2)16-18-6-8-20(9-7-18)25(33)34)15-24(32)31-17-22(28-26(30)31)19-10-12-21(27)13-11-19/h6-13,15,17H,3-5,14,16H2,1-2H3,(H,33,34). The van der Waals surface area contributed by atoms with Crippen molar-refractivity contribution >= 4 is 29.2 Å². The molecule has 2 aromatic carbocycles. The third-order valence-corrected chi connectivity index (χ3v) is 6.08. The Kier molecular flexibility index (Phi) is 7.03. The molecule has 2 heterocycles. The summed E-state index contributed by atoms with van der Waals surface area (Å²) in [5, 5.41) is 9.78. The Morgan fingerprint density at radius 3 is 2.44 bits per heavy atom. The molecule has 176 valence electrons. The fourth-order valence-electron chi connectivity index (χ4n) is 4.00. The van der Waals surface area contributed by atoms with Crippen molar-refractivity contribution in [2.45, 2.75) is 39.3 Å². The summed E-state index contributed by atoms with van der Waals surface area (Å²) in [5.74, 6) is 0.409. The molecule has 0 spiro atoms. The van der Waals surface area contributed by atoms with E-state index in [9.17, 15) is 9.59 Å². The van der Waals surface area contributed by atoms with Crippen LogP contribution in [0.15, 0.2) is 65.6 Å². The van der Waals surface area contributed by atoms with E-state index < -0.39 is 5.97 Å². The van der Waals surface area contributed by atoms with Crippen LogP contribution in [-0.2, 0) is 13.1 Å². The van der Waals surface area contributed by atoms with E-state index in [0.717, 1.165) is 42.8 Å². The van der Waals surface area contributed by atoms with Crippen LogP contribution in [0.3, 0.4) is 0 Å². The van der Waals surface area contributed by atoms with Crippen LogP contribution in [0.1, 0.15) is 42.1 Å². The number of anilines is 1. The number of aromatic nitrogens is 3. The molecule has 0 atom stereocenters. The van der Waals surface area contributed by atoms with Gasteiger partial charge in [-0.3, -0.25) is 13.8 Å². The molecule has 1 N–H and O–H groups in total. The summed E-state index contributed by atoms with van der Waals surface area (Å²) in [6.45, 7) is 3.41. The summed E-state index contributed by atoms with van der Waals surface area (Å²) in [5.41, 5.74) is 2.64. The van der Waals surface area contributed by atoms with Crippen molar-refractivity contribution in [3.63, 3.8) is 0 Å². The van der Waals surface area contributed by atoms with Gasteiger partial charge in [0.25, 0.3) is 5.56 Å². The van der Waals surface area contributed by atoms with Gasteiger partial charge in [-0.2, -0.15) is 0 Å². The van der Waals surface area contributed by atoms with Crippen LogP contribution in [0.4, 0.5) is 5.82 Å². The molecular weight excluding hydrogens is 452 g/mol. The number of nitrogens with zero attached hydrogens (tertiary/aromatic N) is 4. The number of carboxylic acids is 1. The van der Waals surface area contributed by atoms with Gasteiger partial charge in [0.15, 0.2) is 0 Å². The molecule has 0 fully saturated rings. The van der Waals surface area contributed by atoms with Crippen molar-refractivity contribution in [2.24, 2.45) is 0 Å². The van der Waals surface area contributed by atoms with Gasteiger partial charge in [-0.15, -0.1) is 0 Å². The van der Waals surface area contributed by atoms with E-state index in [2.05, 4.69) is 11.5 Å². The first kappa shape index (κ1) is 23.6. The molecule has 7 nitrogen and oxygen atoms in total. The molecule has 0 aliphatic rings. The summed E-state index contributed by atoms with van der Waals surface area (Å²) >= 11 is 6.03. The van der Waals surface area contributed by atoms with Crippen molar-refractivity contribution in [1.29, 1.82) is 0 Å². The lowest BCUT2D eigenvalue weighted by Crippen LogP contribution is -2.27. The van der Waals surface area contributed by atoms with Gasteiger partial charge in [0.05, 0.1) is 11.3 Å².